The van der Waals surface area contributed by atoms with Gasteiger partial charge >= 0.3 is 0 Å². The maximum Gasteiger partial charge on any atom is 0.244 e. The molecule has 1 aliphatic heterocycles. The van der Waals surface area contributed by atoms with Crippen molar-refractivity contribution >= 4 is 27.5 Å². The first-order valence-electron chi connectivity index (χ1n) is 9.13. The van der Waals surface area contributed by atoms with Gasteiger partial charge in [0.2, 0.25) is 15.9 Å². The Labute approximate surface area is 169 Å². The maximum absolute atomic E-state index is 13.5. The van der Waals surface area contributed by atoms with Gasteiger partial charge in [0.1, 0.15) is 11.9 Å². The zero-order chi connectivity index (χ0) is 20.3. The highest BCUT2D eigenvalue weighted by Gasteiger charge is 2.40. The highest BCUT2D eigenvalue weighted by atomic mass is 35.5. The van der Waals surface area contributed by atoms with Crippen molar-refractivity contribution in [3.8, 4) is 0 Å². The van der Waals surface area contributed by atoms with Crippen molar-refractivity contribution in [3.05, 3.63) is 64.9 Å². The monoisotopic (exact) mass is 424 g/mol. The number of rotatable bonds is 5. The molecule has 1 saturated heterocycles. The summed E-state index contributed by atoms with van der Waals surface area (Å²) >= 11 is 5.90. The van der Waals surface area contributed by atoms with Crippen LogP contribution < -0.4 is 5.32 Å². The summed E-state index contributed by atoms with van der Waals surface area (Å²) in [6.07, 6.45) is 1.94. The molecule has 1 unspecified atom stereocenters. The van der Waals surface area contributed by atoms with Gasteiger partial charge in [0.25, 0.3) is 0 Å². The van der Waals surface area contributed by atoms with Crippen molar-refractivity contribution in [1.82, 2.24) is 9.62 Å². The van der Waals surface area contributed by atoms with Crippen LogP contribution in [-0.2, 0) is 14.8 Å². The van der Waals surface area contributed by atoms with E-state index in [1.165, 1.54) is 40.7 Å². The van der Waals surface area contributed by atoms with Crippen LogP contribution in [0.25, 0.3) is 0 Å². The minimum Gasteiger partial charge on any atom is -0.355 e. The van der Waals surface area contributed by atoms with E-state index in [0.717, 1.165) is 12.8 Å². The second kappa shape index (κ2) is 8.59. The number of carbonyl (C=O) groups is 1. The molecule has 3 rings (SSSR count). The normalized spacial score (nSPS) is 19.1. The summed E-state index contributed by atoms with van der Waals surface area (Å²) in [5.74, 6) is -0.723. The number of nitrogens with one attached hydrogen (secondary N) is 1. The molecule has 150 valence electrons. The van der Waals surface area contributed by atoms with Crippen molar-refractivity contribution in [1.29, 1.82) is 0 Å². The number of carbonyl (C=O) groups excluding carboxylic acids is 1. The smallest absolute Gasteiger partial charge is 0.244 e. The SMILES string of the molecule is CC(c1ccc(F)cc1)N([C@@H]1CCCCNC1=O)S(=O)(=O)c1ccc(Cl)cc1. The number of hydrogen-bond acceptors (Lipinski definition) is 3. The minimum atomic E-state index is -4.00. The molecule has 2 aromatic rings. The molecule has 0 spiro atoms. The van der Waals surface area contributed by atoms with E-state index < -0.39 is 27.9 Å². The van der Waals surface area contributed by atoms with Crippen LogP contribution in [0.5, 0.6) is 0 Å². The van der Waals surface area contributed by atoms with E-state index in [1.807, 2.05) is 0 Å². The van der Waals surface area contributed by atoms with E-state index in [4.69, 9.17) is 11.6 Å². The highest BCUT2D eigenvalue weighted by Crippen LogP contribution is 2.32. The Kier molecular flexibility index (Phi) is 6.37. The standard InChI is InChI=1S/C20H22ClFN2O3S/c1-14(15-5-9-17(22)10-6-15)24(19-4-2-3-13-23-20(19)25)28(26,27)18-11-7-16(21)8-12-18/h5-12,14,19H,2-4,13H2,1H3,(H,23,25)/t14?,19-/m1/s1. The van der Waals surface area contributed by atoms with E-state index >= 15 is 0 Å². The molecule has 2 aromatic carbocycles. The van der Waals surface area contributed by atoms with E-state index in [1.54, 1.807) is 19.1 Å². The summed E-state index contributed by atoms with van der Waals surface area (Å²) in [6.45, 7) is 2.23. The van der Waals surface area contributed by atoms with Crippen LogP contribution in [0, 0.1) is 5.82 Å². The van der Waals surface area contributed by atoms with Crippen LogP contribution in [-0.4, -0.2) is 31.2 Å². The van der Waals surface area contributed by atoms with Gasteiger partial charge in [-0.3, -0.25) is 4.79 Å². The third kappa shape index (κ3) is 4.37. The summed E-state index contributed by atoms with van der Waals surface area (Å²) in [6, 6.07) is 10.0. The van der Waals surface area contributed by atoms with Gasteiger partial charge in [0, 0.05) is 17.6 Å². The predicted octanol–water partition coefficient (Wildman–Crippen LogP) is 3.90. The molecule has 5 nitrogen and oxygen atoms in total. The number of benzene rings is 2. The lowest BCUT2D eigenvalue weighted by molar-refractivity contribution is -0.125. The fourth-order valence-electron chi connectivity index (χ4n) is 3.43. The Morgan fingerprint density at radius 3 is 2.39 bits per heavy atom. The molecule has 1 aliphatic rings. The molecule has 28 heavy (non-hydrogen) atoms. The molecule has 1 amide bonds. The van der Waals surface area contributed by atoms with E-state index in [9.17, 15) is 17.6 Å². The van der Waals surface area contributed by atoms with Crippen molar-refractivity contribution in [3.63, 3.8) is 0 Å². The molecule has 8 heteroatoms. The first kappa shape index (κ1) is 20.8. The number of nitrogens with zero attached hydrogens (tertiary/aromatic N) is 1. The number of amides is 1. The molecular weight excluding hydrogens is 403 g/mol. The molecule has 1 fully saturated rings. The largest absolute Gasteiger partial charge is 0.355 e. The summed E-state index contributed by atoms with van der Waals surface area (Å²) in [4.78, 5) is 12.7. The van der Waals surface area contributed by atoms with Crippen LogP contribution in [0.1, 0.15) is 37.8 Å². The Balaban J connectivity index is 2.08. The summed E-state index contributed by atoms with van der Waals surface area (Å²) in [5.41, 5.74) is 0.607. The Morgan fingerprint density at radius 1 is 1.11 bits per heavy atom. The zero-order valence-electron chi connectivity index (χ0n) is 15.4. The average Bonchev–Trinajstić information content (AvgIpc) is 2.87. The number of sulfonamides is 1. The third-order valence-electron chi connectivity index (χ3n) is 4.94. The lowest BCUT2D eigenvalue weighted by atomic mass is 10.0. The topological polar surface area (TPSA) is 66.5 Å². The lowest BCUT2D eigenvalue weighted by Crippen LogP contribution is -2.49. The first-order chi connectivity index (χ1) is 13.3. The molecular formula is C20H22ClFN2O3S. The third-order valence-corrected chi connectivity index (χ3v) is 7.18. The number of halogens is 2. The summed E-state index contributed by atoms with van der Waals surface area (Å²) in [7, 11) is -4.00. The molecule has 0 aromatic heterocycles. The van der Waals surface area contributed by atoms with Gasteiger partial charge < -0.3 is 5.32 Å². The van der Waals surface area contributed by atoms with Gasteiger partial charge in [-0.15, -0.1) is 0 Å². The van der Waals surface area contributed by atoms with Gasteiger partial charge in [-0.1, -0.05) is 23.7 Å². The lowest BCUT2D eigenvalue weighted by Gasteiger charge is -2.34. The predicted molar refractivity (Wildman–Crippen MR) is 106 cm³/mol. The minimum absolute atomic E-state index is 0.0582. The Morgan fingerprint density at radius 2 is 1.75 bits per heavy atom. The molecule has 0 radical (unpaired) electrons. The zero-order valence-corrected chi connectivity index (χ0v) is 17.0. The molecule has 1 N–H and O–H groups in total. The Hall–Kier alpha value is -1.96. The molecule has 0 bridgehead atoms. The van der Waals surface area contributed by atoms with Crippen LogP contribution in [0.2, 0.25) is 5.02 Å². The van der Waals surface area contributed by atoms with Gasteiger partial charge in [-0.05, 0) is 68.1 Å². The van der Waals surface area contributed by atoms with Crippen LogP contribution >= 0.6 is 11.6 Å². The van der Waals surface area contributed by atoms with Crippen LogP contribution in [0.3, 0.4) is 0 Å². The van der Waals surface area contributed by atoms with Gasteiger partial charge in [0.15, 0.2) is 0 Å². The van der Waals surface area contributed by atoms with E-state index in [0.29, 0.717) is 23.6 Å². The van der Waals surface area contributed by atoms with Crippen molar-refractivity contribution in [2.75, 3.05) is 6.54 Å². The second-order valence-electron chi connectivity index (χ2n) is 6.82. The fraction of sp³-hybridized carbons (Fsp3) is 0.350. The maximum atomic E-state index is 13.5. The summed E-state index contributed by atoms with van der Waals surface area (Å²) < 4.78 is 41.6. The van der Waals surface area contributed by atoms with Gasteiger partial charge in [-0.25, -0.2) is 12.8 Å². The first-order valence-corrected chi connectivity index (χ1v) is 10.9. The van der Waals surface area contributed by atoms with Crippen molar-refractivity contribution < 1.29 is 17.6 Å². The highest BCUT2D eigenvalue weighted by molar-refractivity contribution is 7.89. The Bertz CT molecular complexity index is 933. The van der Waals surface area contributed by atoms with Crippen molar-refractivity contribution in [2.45, 2.75) is 43.2 Å². The quantitative estimate of drug-likeness (QED) is 0.791. The van der Waals surface area contributed by atoms with Crippen LogP contribution in [0.4, 0.5) is 4.39 Å². The number of hydrogen-bond donors (Lipinski definition) is 1. The van der Waals surface area contributed by atoms with Crippen molar-refractivity contribution in [2.24, 2.45) is 0 Å². The molecule has 0 aliphatic carbocycles. The average molecular weight is 425 g/mol. The molecule has 0 saturated carbocycles. The second-order valence-corrected chi connectivity index (χ2v) is 9.10. The van der Waals surface area contributed by atoms with Gasteiger partial charge in [0.05, 0.1) is 4.90 Å². The van der Waals surface area contributed by atoms with Gasteiger partial charge in [-0.2, -0.15) is 4.31 Å². The molecule has 2 atom stereocenters. The molecule has 1 heterocycles. The van der Waals surface area contributed by atoms with E-state index in [2.05, 4.69) is 5.32 Å². The summed E-state index contributed by atoms with van der Waals surface area (Å²) in [5, 5.41) is 3.22. The van der Waals surface area contributed by atoms with E-state index in [-0.39, 0.29) is 10.8 Å². The fourth-order valence-corrected chi connectivity index (χ4v) is 5.35. The van der Waals surface area contributed by atoms with Crippen LogP contribution in [0.15, 0.2) is 53.4 Å².